The third kappa shape index (κ3) is 3.83. The molecular formula is C22H24N4O2S. The van der Waals surface area contributed by atoms with Crippen LogP contribution < -0.4 is 16.4 Å². The molecular weight excluding hydrogens is 384 g/mol. The lowest BCUT2D eigenvalue weighted by atomic mass is 10.0. The number of aromatic carboxylic acids is 1. The molecule has 6 nitrogen and oxygen atoms in total. The first-order chi connectivity index (χ1) is 13.9. The van der Waals surface area contributed by atoms with Crippen molar-refractivity contribution in [1.29, 1.82) is 0 Å². The Balaban J connectivity index is 1.83. The summed E-state index contributed by atoms with van der Waals surface area (Å²) in [7, 11) is 0. The van der Waals surface area contributed by atoms with E-state index in [1.165, 1.54) is 5.56 Å². The van der Waals surface area contributed by atoms with Gasteiger partial charge in [-0.2, -0.15) is 0 Å². The molecule has 1 fully saturated rings. The van der Waals surface area contributed by atoms with Gasteiger partial charge in [0.05, 0.1) is 5.69 Å². The van der Waals surface area contributed by atoms with Crippen LogP contribution in [0.4, 0.5) is 11.5 Å². The molecule has 150 valence electrons. The van der Waals surface area contributed by atoms with Crippen LogP contribution in [0.15, 0.2) is 30.3 Å². The van der Waals surface area contributed by atoms with E-state index in [0.717, 1.165) is 54.2 Å². The van der Waals surface area contributed by atoms with E-state index < -0.39 is 5.97 Å². The van der Waals surface area contributed by atoms with Crippen molar-refractivity contribution >= 4 is 51.2 Å². The number of aryl methyl sites for hydroxylation is 1. The van der Waals surface area contributed by atoms with Crippen LogP contribution in [0.2, 0.25) is 0 Å². The van der Waals surface area contributed by atoms with E-state index in [4.69, 9.17) is 16.5 Å². The van der Waals surface area contributed by atoms with Gasteiger partial charge in [-0.1, -0.05) is 36.4 Å². The second-order valence-corrected chi connectivity index (χ2v) is 8.41. The third-order valence-corrected chi connectivity index (χ3v) is 6.49. The minimum Gasteiger partial charge on any atom is -0.477 e. The Bertz CT molecular complexity index is 1100. The lowest BCUT2D eigenvalue weighted by Gasteiger charge is -2.31. The molecule has 0 unspecified atom stereocenters. The van der Waals surface area contributed by atoms with Crippen molar-refractivity contribution in [3.8, 4) is 0 Å². The number of thiophene rings is 1. The maximum atomic E-state index is 11.6. The van der Waals surface area contributed by atoms with Crippen molar-refractivity contribution in [2.45, 2.75) is 25.8 Å². The van der Waals surface area contributed by atoms with E-state index in [1.807, 2.05) is 30.4 Å². The van der Waals surface area contributed by atoms with Crippen LogP contribution in [0.1, 0.15) is 39.2 Å². The average Bonchev–Trinajstić information content (AvgIpc) is 3.05. The predicted octanol–water partition coefficient (Wildman–Crippen LogP) is 3.98. The van der Waals surface area contributed by atoms with Gasteiger partial charge in [-0.3, -0.25) is 0 Å². The zero-order valence-corrected chi connectivity index (χ0v) is 17.1. The zero-order valence-electron chi connectivity index (χ0n) is 16.3. The first-order valence-corrected chi connectivity index (χ1v) is 10.5. The number of nitrogens with two attached hydrogens (primary N) is 2. The molecule has 0 aliphatic carbocycles. The Hall–Kier alpha value is -2.90. The summed E-state index contributed by atoms with van der Waals surface area (Å²) in [5.41, 5.74) is 15.7. The standard InChI is InChI=1S/C22H24N4O2S/c1-13-4-2-3-5-14(13)6-7-15-12-17(26-10-8-16(23)9-11-26)25-21-18(15)19(24)20(29-21)22(27)28/h2-7,12,16H,8-11,23-24H2,1H3,(H,27,28)/b7-6+. The van der Waals surface area contributed by atoms with Crippen molar-refractivity contribution in [1.82, 2.24) is 4.98 Å². The summed E-state index contributed by atoms with van der Waals surface area (Å²) < 4.78 is 0. The molecule has 3 aromatic rings. The Kier molecular flexibility index (Phi) is 5.25. The van der Waals surface area contributed by atoms with Gasteiger partial charge in [0.25, 0.3) is 0 Å². The number of fused-ring (bicyclic) bond motifs is 1. The number of hydrogen-bond acceptors (Lipinski definition) is 6. The normalized spacial score (nSPS) is 15.4. The summed E-state index contributed by atoms with van der Waals surface area (Å²) in [6.07, 6.45) is 5.87. The number of benzene rings is 1. The highest BCUT2D eigenvalue weighted by atomic mass is 32.1. The molecule has 29 heavy (non-hydrogen) atoms. The molecule has 3 heterocycles. The minimum absolute atomic E-state index is 0.135. The SMILES string of the molecule is Cc1ccccc1/C=C/c1cc(N2CCC(N)CC2)nc2sc(C(=O)O)c(N)c12. The predicted molar refractivity (Wildman–Crippen MR) is 121 cm³/mol. The highest BCUT2D eigenvalue weighted by Gasteiger charge is 2.22. The van der Waals surface area contributed by atoms with E-state index in [1.54, 1.807) is 0 Å². The van der Waals surface area contributed by atoms with Crippen LogP contribution in [0.25, 0.3) is 22.4 Å². The highest BCUT2D eigenvalue weighted by Crippen LogP contribution is 2.38. The minimum atomic E-state index is -1.02. The quantitative estimate of drug-likeness (QED) is 0.603. The van der Waals surface area contributed by atoms with Crippen molar-refractivity contribution in [3.05, 3.63) is 51.9 Å². The molecule has 1 aliphatic rings. The van der Waals surface area contributed by atoms with Gasteiger partial charge < -0.3 is 21.5 Å². The molecule has 1 aliphatic heterocycles. The van der Waals surface area contributed by atoms with Gasteiger partial charge in [0.1, 0.15) is 15.5 Å². The van der Waals surface area contributed by atoms with Crippen LogP contribution in [-0.2, 0) is 0 Å². The Morgan fingerprint density at radius 1 is 1.24 bits per heavy atom. The van der Waals surface area contributed by atoms with Gasteiger partial charge in [-0.15, -0.1) is 11.3 Å². The Morgan fingerprint density at radius 3 is 2.62 bits per heavy atom. The van der Waals surface area contributed by atoms with Crippen molar-refractivity contribution in [2.75, 3.05) is 23.7 Å². The van der Waals surface area contributed by atoms with Gasteiger partial charge in [0, 0.05) is 24.5 Å². The maximum Gasteiger partial charge on any atom is 0.348 e. The van der Waals surface area contributed by atoms with Crippen LogP contribution in [0, 0.1) is 6.92 Å². The molecule has 1 aromatic carbocycles. The number of aromatic nitrogens is 1. The number of piperidine rings is 1. The van der Waals surface area contributed by atoms with Gasteiger partial charge in [0.15, 0.2) is 0 Å². The zero-order chi connectivity index (χ0) is 20.5. The number of rotatable bonds is 4. The third-order valence-electron chi connectivity index (χ3n) is 5.40. The maximum absolute atomic E-state index is 11.6. The smallest absolute Gasteiger partial charge is 0.348 e. The topological polar surface area (TPSA) is 105 Å². The van der Waals surface area contributed by atoms with Crippen LogP contribution in [0.3, 0.4) is 0 Å². The molecule has 1 saturated heterocycles. The van der Waals surface area contributed by atoms with Crippen molar-refractivity contribution in [2.24, 2.45) is 5.73 Å². The van der Waals surface area contributed by atoms with Crippen molar-refractivity contribution < 1.29 is 9.90 Å². The molecule has 0 atom stereocenters. The second-order valence-electron chi connectivity index (χ2n) is 7.41. The number of carboxylic acid groups (broad SMARTS) is 1. The Morgan fingerprint density at radius 2 is 1.93 bits per heavy atom. The monoisotopic (exact) mass is 408 g/mol. The number of nitrogens with zero attached hydrogens (tertiary/aromatic N) is 2. The summed E-state index contributed by atoms with van der Waals surface area (Å²) in [6, 6.07) is 10.3. The van der Waals surface area contributed by atoms with Crippen LogP contribution >= 0.6 is 11.3 Å². The summed E-state index contributed by atoms with van der Waals surface area (Å²) >= 11 is 1.13. The Labute approximate surface area is 173 Å². The number of anilines is 2. The first-order valence-electron chi connectivity index (χ1n) is 9.64. The summed E-state index contributed by atoms with van der Waals surface area (Å²) in [5, 5.41) is 10.2. The van der Waals surface area contributed by atoms with E-state index in [0.29, 0.717) is 10.2 Å². The lowest BCUT2D eigenvalue weighted by Crippen LogP contribution is -2.40. The summed E-state index contributed by atoms with van der Waals surface area (Å²) in [5.74, 6) is -0.183. The van der Waals surface area contributed by atoms with Gasteiger partial charge >= 0.3 is 5.97 Å². The lowest BCUT2D eigenvalue weighted by molar-refractivity contribution is 0.0703. The molecule has 2 aromatic heterocycles. The van der Waals surface area contributed by atoms with E-state index >= 15 is 0 Å². The number of pyridine rings is 1. The molecule has 0 saturated carbocycles. The largest absolute Gasteiger partial charge is 0.477 e. The molecule has 0 radical (unpaired) electrons. The molecule has 0 amide bonds. The number of carbonyl (C=O) groups is 1. The molecule has 4 rings (SSSR count). The number of hydrogen-bond donors (Lipinski definition) is 3. The molecule has 0 spiro atoms. The fourth-order valence-electron chi connectivity index (χ4n) is 3.67. The molecule has 5 N–H and O–H groups in total. The summed E-state index contributed by atoms with van der Waals surface area (Å²) in [6.45, 7) is 3.74. The van der Waals surface area contributed by atoms with E-state index in [-0.39, 0.29) is 16.6 Å². The summed E-state index contributed by atoms with van der Waals surface area (Å²) in [4.78, 5) is 19.4. The fraction of sp³-hybridized carbons (Fsp3) is 0.273. The van der Waals surface area contributed by atoms with Crippen molar-refractivity contribution in [3.63, 3.8) is 0 Å². The number of nitrogen functional groups attached to an aromatic ring is 1. The average molecular weight is 409 g/mol. The molecule has 7 heteroatoms. The van der Waals surface area contributed by atoms with Gasteiger partial charge in [-0.05, 0) is 42.5 Å². The molecule has 0 bridgehead atoms. The van der Waals surface area contributed by atoms with Gasteiger partial charge in [0.2, 0.25) is 0 Å². The van der Waals surface area contributed by atoms with Crippen LogP contribution in [-0.4, -0.2) is 35.2 Å². The number of carboxylic acids is 1. The van der Waals surface area contributed by atoms with E-state index in [2.05, 4.69) is 24.0 Å². The highest BCUT2D eigenvalue weighted by molar-refractivity contribution is 7.21. The first kappa shape index (κ1) is 19.4. The van der Waals surface area contributed by atoms with E-state index in [9.17, 15) is 9.90 Å². The van der Waals surface area contributed by atoms with Gasteiger partial charge in [-0.25, -0.2) is 9.78 Å². The van der Waals surface area contributed by atoms with Crippen LogP contribution in [0.5, 0.6) is 0 Å². The second kappa shape index (κ2) is 7.85. The fourth-order valence-corrected chi connectivity index (χ4v) is 4.63.